The van der Waals surface area contributed by atoms with Gasteiger partial charge in [-0.2, -0.15) is 5.10 Å². The molecule has 0 heterocycles. The van der Waals surface area contributed by atoms with Gasteiger partial charge in [-0.3, -0.25) is 9.59 Å². The number of anilines is 1. The Morgan fingerprint density at radius 1 is 0.914 bits per heavy atom. The molecule has 0 aliphatic heterocycles. The normalized spacial score (nSPS) is 10.5. The summed E-state index contributed by atoms with van der Waals surface area (Å²) in [5.41, 5.74) is 4.20. The van der Waals surface area contributed by atoms with Gasteiger partial charge in [-0.15, -0.1) is 0 Å². The van der Waals surface area contributed by atoms with Crippen LogP contribution in [0.2, 0.25) is 5.02 Å². The molecular formula is C25H22ClN3O6. The minimum Gasteiger partial charge on any atom is -0.497 e. The number of carbonyl (C=O) groups excluding carboxylic acids is 3. The number of nitrogens with one attached hydrogen (secondary N) is 2. The maximum Gasteiger partial charge on any atom is 0.343 e. The zero-order valence-corrected chi connectivity index (χ0v) is 19.9. The Kier molecular flexibility index (Phi) is 8.42. The molecule has 0 saturated carbocycles. The fourth-order valence-corrected chi connectivity index (χ4v) is 3.01. The van der Waals surface area contributed by atoms with Crippen LogP contribution in [0.15, 0.2) is 65.8 Å². The highest BCUT2D eigenvalue weighted by Gasteiger charge is 2.15. The van der Waals surface area contributed by atoms with Crippen LogP contribution < -0.4 is 25.0 Å². The monoisotopic (exact) mass is 495 g/mol. The van der Waals surface area contributed by atoms with Crippen molar-refractivity contribution < 1.29 is 28.6 Å². The van der Waals surface area contributed by atoms with Crippen molar-refractivity contribution in [1.82, 2.24) is 5.43 Å². The van der Waals surface area contributed by atoms with Crippen LogP contribution >= 0.6 is 11.6 Å². The van der Waals surface area contributed by atoms with Crippen molar-refractivity contribution in [2.75, 3.05) is 19.5 Å². The lowest BCUT2D eigenvalue weighted by Gasteiger charge is -2.10. The molecule has 0 unspecified atom stereocenters. The first-order valence-electron chi connectivity index (χ1n) is 10.3. The number of benzene rings is 3. The molecule has 0 aliphatic rings. The number of ether oxygens (including phenoxy) is 3. The fraction of sp³-hybridized carbons (Fsp3) is 0.120. The smallest absolute Gasteiger partial charge is 0.343 e. The number of nitrogens with zero attached hydrogens (tertiary/aromatic N) is 1. The van der Waals surface area contributed by atoms with Crippen LogP contribution in [-0.4, -0.2) is 38.2 Å². The summed E-state index contributed by atoms with van der Waals surface area (Å²) in [5.74, 6) is -1.47. The summed E-state index contributed by atoms with van der Waals surface area (Å²) in [5, 5.41) is 6.68. The molecule has 0 spiro atoms. The highest BCUT2D eigenvalue weighted by Crippen LogP contribution is 2.28. The van der Waals surface area contributed by atoms with E-state index in [1.165, 1.54) is 26.5 Å². The van der Waals surface area contributed by atoms with Crippen molar-refractivity contribution in [2.24, 2.45) is 5.10 Å². The summed E-state index contributed by atoms with van der Waals surface area (Å²) in [6.07, 6.45) is 1.31. The van der Waals surface area contributed by atoms with Gasteiger partial charge >= 0.3 is 17.8 Å². The molecule has 3 aromatic rings. The highest BCUT2D eigenvalue weighted by molar-refractivity contribution is 6.39. The van der Waals surface area contributed by atoms with Gasteiger partial charge < -0.3 is 19.5 Å². The number of hydrogen-bond acceptors (Lipinski definition) is 7. The molecule has 0 bridgehead atoms. The minimum absolute atomic E-state index is 0.192. The molecule has 0 atom stereocenters. The van der Waals surface area contributed by atoms with E-state index in [0.717, 1.165) is 5.56 Å². The molecule has 9 nitrogen and oxygen atoms in total. The summed E-state index contributed by atoms with van der Waals surface area (Å²) in [4.78, 5) is 36.5. The Bertz CT molecular complexity index is 1290. The quantitative estimate of drug-likeness (QED) is 0.168. The first-order chi connectivity index (χ1) is 16.8. The number of amides is 2. The van der Waals surface area contributed by atoms with E-state index in [-0.39, 0.29) is 11.5 Å². The second-order valence-corrected chi connectivity index (χ2v) is 7.56. The molecule has 2 amide bonds. The van der Waals surface area contributed by atoms with Gasteiger partial charge in [-0.05, 0) is 66.6 Å². The number of aryl methyl sites for hydroxylation is 1. The second-order valence-electron chi connectivity index (χ2n) is 7.15. The standard InChI is InChI=1S/C25H22ClN3O6/c1-15-7-9-18(13-20(15)26)28-23(30)24(31)29-27-14-16-8-10-21(22(11-16)34-3)35-25(32)17-5-4-6-19(12-17)33-2/h4-14H,1-3H3,(H,28,30)(H,29,31). The van der Waals surface area contributed by atoms with Gasteiger partial charge in [-0.1, -0.05) is 23.7 Å². The molecule has 2 N–H and O–H groups in total. The van der Waals surface area contributed by atoms with Gasteiger partial charge in [-0.25, -0.2) is 10.2 Å². The van der Waals surface area contributed by atoms with Crippen molar-refractivity contribution in [3.8, 4) is 17.2 Å². The lowest BCUT2D eigenvalue weighted by molar-refractivity contribution is -0.136. The molecule has 0 saturated heterocycles. The SMILES string of the molecule is COc1cccc(C(=O)Oc2ccc(C=NNC(=O)C(=O)Nc3ccc(C)c(Cl)c3)cc2OC)c1. The summed E-state index contributed by atoms with van der Waals surface area (Å²) >= 11 is 6.02. The number of hydrazone groups is 1. The number of rotatable bonds is 7. The highest BCUT2D eigenvalue weighted by atomic mass is 35.5. The van der Waals surface area contributed by atoms with Crippen molar-refractivity contribution >= 4 is 41.3 Å². The van der Waals surface area contributed by atoms with Gasteiger partial charge in [0.15, 0.2) is 11.5 Å². The van der Waals surface area contributed by atoms with E-state index in [1.54, 1.807) is 54.6 Å². The average molecular weight is 496 g/mol. The summed E-state index contributed by atoms with van der Waals surface area (Å²) < 4.78 is 15.8. The Hall–Kier alpha value is -4.37. The Balaban J connectivity index is 1.61. The summed E-state index contributed by atoms with van der Waals surface area (Å²) in [6.45, 7) is 1.82. The maximum absolute atomic E-state index is 12.5. The largest absolute Gasteiger partial charge is 0.497 e. The zero-order valence-electron chi connectivity index (χ0n) is 19.1. The second kappa shape index (κ2) is 11.7. The number of esters is 1. The fourth-order valence-electron chi connectivity index (χ4n) is 2.83. The third kappa shape index (κ3) is 6.81. The number of methoxy groups -OCH3 is 2. The van der Waals surface area contributed by atoms with Crippen molar-refractivity contribution in [3.05, 3.63) is 82.4 Å². The molecule has 0 radical (unpaired) electrons. The van der Waals surface area contributed by atoms with E-state index in [4.69, 9.17) is 25.8 Å². The van der Waals surface area contributed by atoms with Gasteiger partial charge in [0.25, 0.3) is 0 Å². The van der Waals surface area contributed by atoms with E-state index in [1.807, 2.05) is 6.92 Å². The predicted octanol–water partition coefficient (Wildman–Crippen LogP) is 3.97. The van der Waals surface area contributed by atoms with Crippen LogP contribution in [0, 0.1) is 6.92 Å². The molecule has 35 heavy (non-hydrogen) atoms. The van der Waals surface area contributed by atoms with E-state index >= 15 is 0 Å². The van der Waals surface area contributed by atoms with Crippen LogP contribution in [-0.2, 0) is 9.59 Å². The Morgan fingerprint density at radius 2 is 1.71 bits per heavy atom. The number of hydrogen-bond donors (Lipinski definition) is 2. The van der Waals surface area contributed by atoms with Crippen LogP contribution in [0.3, 0.4) is 0 Å². The maximum atomic E-state index is 12.5. The number of carbonyl (C=O) groups is 3. The van der Waals surface area contributed by atoms with E-state index in [0.29, 0.717) is 27.6 Å². The lowest BCUT2D eigenvalue weighted by atomic mass is 10.2. The van der Waals surface area contributed by atoms with Crippen molar-refractivity contribution in [3.63, 3.8) is 0 Å². The molecule has 0 aliphatic carbocycles. The zero-order chi connectivity index (χ0) is 25.4. The van der Waals surface area contributed by atoms with Gasteiger partial charge in [0.2, 0.25) is 0 Å². The van der Waals surface area contributed by atoms with E-state index in [9.17, 15) is 14.4 Å². The van der Waals surface area contributed by atoms with Crippen molar-refractivity contribution in [2.45, 2.75) is 6.92 Å². The first-order valence-corrected chi connectivity index (χ1v) is 10.6. The van der Waals surface area contributed by atoms with Crippen LogP contribution in [0.1, 0.15) is 21.5 Å². The minimum atomic E-state index is -0.964. The van der Waals surface area contributed by atoms with Gasteiger partial charge in [0, 0.05) is 10.7 Å². The van der Waals surface area contributed by atoms with E-state index < -0.39 is 17.8 Å². The molecule has 0 fully saturated rings. The van der Waals surface area contributed by atoms with Gasteiger partial charge in [0.05, 0.1) is 26.0 Å². The molecular weight excluding hydrogens is 474 g/mol. The van der Waals surface area contributed by atoms with Crippen LogP contribution in [0.25, 0.3) is 0 Å². The number of halogens is 1. The molecule has 3 aromatic carbocycles. The van der Waals surface area contributed by atoms with Crippen LogP contribution in [0.5, 0.6) is 17.2 Å². The molecule has 180 valence electrons. The van der Waals surface area contributed by atoms with Gasteiger partial charge in [0.1, 0.15) is 5.75 Å². The third-order valence-corrected chi connectivity index (χ3v) is 5.12. The predicted molar refractivity (Wildman–Crippen MR) is 132 cm³/mol. The Labute approximate surface area is 206 Å². The summed E-state index contributed by atoms with van der Waals surface area (Å²) in [6, 6.07) is 16.1. The molecule has 10 heteroatoms. The third-order valence-electron chi connectivity index (χ3n) is 4.71. The topological polar surface area (TPSA) is 115 Å². The van der Waals surface area contributed by atoms with Crippen LogP contribution in [0.4, 0.5) is 5.69 Å². The van der Waals surface area contributed by atoms with Crippen molar-refractivity contribution in [1.29, 1.82) is 0 Å². The average Bonchev–Trinajstić information content (AvgIpc) is 2.86. The summed E-state index contributed by atoms with van der Waals surface area (Å²) in [7, 11) is 2.92. The molecule has 0 aromatic heterocycles. The van der Waals surface area contributed by atoms with E-state index in [2.05, 4.69) is 15.8 Å². The lowest BCUT2D eigenvalue weighted by Crippen LogP contribution is -2.32. The first kappa shape index (κ1) is 25.3. The molecule has 3 rings (SSSR count). The Morgan fingerprint density at radius 3 is 2.43 bits per heavy atom.